The molecule has 29 heavy (non-hydrogen) atoms. The molecule has 0 atom stereocenters. The normalized spacial score (nSPS) is 14.7. The van der Waals surface area contributed by atoms with Gasteiger partial charge in [-0.2, -0.15) is 0 Å². The molecule has 0 fully saturated rings. The van der Waals surface area contributed by atoms with Gasteiger partial charge in [0.2, 0.25) is 0 Å². The Morgan fingerprint density at radius 3 is 2.59 bits per heavy atom. The molecule has 2 heterocycles. The van der Waals surface area contributed by atoms with Crippen LogP contribution in [0, 0.1) is 13.8 Å². The summed E-state index contributed by atoms with van der Waals surface area (Å²) in [5, 5.41) is 9.29. The fraction of sp³-hybridized carbons (Fsp3) is 0.391. The minimum absolute atomic E-state index is 0.0813. The van der Waals surface area contributed by atoms with Gasteiger partial charge in [-0.1, -0.05) is 6.92 Å². The summed E-state index contributed by atoms with van der Waals surface area (Å²) in [5.74, 6) is -0.229. The third-order valence-electron chi connectivity index (χ3n) is 4.85. The van der Waals surface area contributed by atoms with E-state index in [9.17, 15) is 9.59 Å². The van der Waals surface area contributed by atoms with E-state index >= 15 is 0 Å². The molecule has 154 valence electrons. The highest BCUT2D eigenvalue weighted by Crippen LogP contribution is 2.36. The number of fused-ring (bicyclic) bond motifs is 1. The van der Waals surface area contributed by atoms with Gasteiger partial charge in [0.25, 0.3) is 11.8 Å². The average Bonchev–Trinajstić information content (AvgIpc) is 3.08. The highest BCUT2D eigenvalue weighted by atomic mass is 16.2. The molecule has 1 aliphatic rings. The lowest BCUT2D eigenvalue weighted by Gasteiger charge is -2.22. The minimum atomic E-state index is -0.142. The predicted molar refractivity (Wildman–Crippen MR) is 119 cm³/mol. The van der Waals surface area contributed by atoms with Crippen molar-refractivity contribution in [1.82, 2.24) is 10.3 Å². The Balaban J connectivity index is 1.99. The molecule has 0 bridgehead atoms. The van der Waals surface area contributed by atoms with E-state index in [0.29, 0.717) is 17.7 Å². The standard InChI is InChI=1S/C23H30N4O2/c1-7-10-24-22(29)20-13(2)19(25-14(20)3)12-17-16-11-15(27-23(4,5)6)8-9-18(16)26-21(17)28/h8-9,11-12,25,27H,7,10H2,1-6H3,(H,24,29)(H,26,28)/b17-12-. The first-order valence-corrected chi connectivity index (χ1v) is 10.0. The van der Waals surface area contributed by atoms with Crippen LogP contribution in [-0.2, 0) is 4.79 Å². The number of anilines is 2. The highest BCUT2D eigenvalue weighted by Gasteiger charge is 2.26. The summed E-state index contributed by atoms with van der Waals surface area (Å²) < 4.78 is 0. The van der Waals surface area contributed by atoms with Gasteiger partial charge in [0.15, 0.2) is 0 Å². The van der Waals surface area contributed by atoms with Crippen LogP contribution in [0.4, 0.5) is 11.4 Å². The van der Waals surface area contributed by atoms with Gasteiger partial charge in [-0.15, -0.1) is 0 Å². The lowest BCUT2D eigenvalue weighted by atomic mass is 10.0. The summed E-state index contributed by atoms with van der Waals surface area (Å²) in [6.07, 6.45) is 2.72. The second-order valence-electron chi connectivity index (χ2n) is 8.57. The number of H-pyrrole nitrogens is 1. The van der Waals surface area contributed by atoms with Gasteiger partial charge in [-0.05, 0) is 70.9 Å². The topological polar surface area (TPSA) is 86.0 Å². The Morgan fingerprint density at radius 1 is 1.21 bits per heavy atom. The molecule has 1 aromatic heterocycles. The number of amides is 2. The number of carbonyl (C=O) groups excluding carboxylic acids is 2. The number of hydrogen-bond donors (Lipinski definition) is 4. The first-order chi connectivity index (χ1) is 13.6. The number of nitrogens with one attached hydrogen (secondary N) is 4. The Bertz CT molecular complexity index is 993. The maximum Gasteiger partial charge on any atom is 0.256 e. The number of aromatic amines is 1. The van der Waals surface area contributed by atoms with Gasteiger partial charge in [0.05, 0.1) is 11.1 Å². The van der Waals surface area contributed by atoms with Crippen LogP contribution in [0.5, 0.6) is 0 Å². The second kappa shape index (κ2) is 7.78. The van der Waals surface area contributed by atoms with Crippen LogP contribution < -0.4 is 16.0 Å². The Morgan fingerprint density at radius 2 is 1.93 bits per heavy atom. The van der Waals surface area contributed by atoms with Crippen molar-refractivity contribution in [2.45, 2.75) is 53.5 Å². The van der Waals surface area contributed by atoms with E-state index < -0.39 is 0 Å². The van der Waals surface area contributed by atoms with Gasteiger partial charge in [-0.3, -0.25) is 9.59 Å². The Hall–Kier alpha value is -3.02. The number of rotatable bonds is 5. The third-order valence-corrected chi connectivity index (χ3v) is 4.85. The maximum atomic E-state index is 12.6. The highest BCUT2D eigenvalue weighted by molar-refractivity contribution is 6.35. The van der Waals surface area contributed by atoms with Gasteiger partial charge in [0, 0.05) is 40.4 Å². The first kappa shape index (κ1) is 20.7. The summed E-state index contributed by atoms with van der Waals surface area (Å²) >= 11 is 0. The summed E-state index contributed by atoms with van der Waals surface area (Å²) in [6.45, 7) is 12.7. The van der Waals surface area contributed by atoms with Crippen molar-refractivity contribution < 1.29 is 9.59 Å². The number of hydrogen-bond acceptors (Lipinski definition) is 3. The first-order valence-electron chi connectivity index (χ1n) is 10.0. The average molecular weight is 395 g/mol. The quantitative estimate of drug-likeness (QED) is 0.564. The lowest BCUT2D eigenvalue weighted by Crippen LogP contribution is -2.25. The fourth-order valence-corrected chi connectivity index (χ4v) is 3.57. The molecule has 0 unspecified atom stereocenters. The molecule has 6 nitrogen and oxygen atoms in total. The van der Waals surface area contributed by atoms with Crippen LogP contribution in [0.25, 0.3) is 11.6 Å². The minimum Gasteiger partial charge on any atom is -0.380 e. The fourth-order valence-electron chi connectivity index (χ4n) is 3.57. The summed E-state index contributed by atoms with van der Waals surface area (Å²) in [4.78, 5) is 28.4. The second-order valence-corrected chi connectivity index (χ2v) is 8.57. The monoisotopic (exact) mass is 394 g/mol. The molecular weight excluding hydrogens is 364 g/mol. The zero-order valence-electron chi connectivity index (χ0n) is 18.0. The molecule has 1 aliphatic heterocycles. The van der Waals surface area contributed by atoms with Crippen LogP contribution in [0.3, 0.4) is 0 Å². The van der Waals surface area contributed by atoms with E-state index in [1.165, 1.54) is 0 Å². The number of benzene rings is 1. The smallest absolute Gasteiger partial charge is 0.256 e. The largest absolute Gasteiger partial charge is 0.380 e. The molecule has 4 N–H and O–H groups in total. The molecule has 0 aliphatic carbocycles. The zero-order valence-corrected chi connectivity index (χ0v) is 18.0. The summed E-state index contributed by atoms with van der Waals surface area (Å²) in [6, 6.07) is 5.87. The van der Waals surface area contributed by atoms with Crippen LogP contribution in [0.1, 0.15) is 67.0 Å². The number of aromatic nitrogens is 1. The molecule has 1 aromatic carbocycles. The van der Waals surface area contributed by atoms with E-state index in [1.807, 2.05) is 45.0 Å². The molecule has 3 rings (SSSR count). The van der Waals surface area contributed by atoms with E-state index in [2.05, 4.69) is 41.7 Å². The van der Waals surface area contributed by atoms with Crippen molar-refractivity contribution in [3.05, 3.63) is 46.3 Å². The Labute approximate surface area is 172 Å². The van der Waals surface area contributed by atoms with Crippen LogP contribution in [-0.4, -0.2) is 28.9 Å². The summed E-state index contributed by atoms with van der Waals surface area (Å²) in [7, 11) is 0. The van der Waals surface area contributed by atoms with Crippen molar-refractivity contribution in [1.29, 1.82) is 0 Å². The van der Waals surface area contributed by atoms with E-state index in [4.69, 9.17) is 0 Å². The van der Waals surface area contributed by atoms with E-state index in [-0.39, 0.29) is 17.4 Å². The van der Waals surface area contributed by atoms with Crippen molar-refractivity contribution in [3.63, 3.8) is 0 Å². The summed E-state index contributed by atoms with van der Waals surface area (Å²) in [5.41, 5.74) is 6.17. The van der Waals surface area contributed by atoms with Gasteiger partial charge in [-0.25, -0.2) is 0 Å². The van der Waals surface area contributed by atoms with E-state index in [1.54, 1.807) is 0 Å². The van der Waals surface area contributed by atoms with Crippen molar-refractivity contribution in [2.75, 3.05) is 17.2 Å². The number of aryl methyl sites for hydroxylation is 1. The van der Waals surface area contributed by atoms with E-state index in [0.717, 1.165) is 40.3 Å². The van der Waals surface area contributed by atoms with Crippen LogP contribution >= 0.6 is 0 Å². The molecule has 0 radical (unpaired) electrons. The molecule has 2 aromatic rings. The zero-order chi connectivity index (χ0) is 21.3. The van der Waals surface area contributed by atoms with Gasteiger partial charge in [0.1, 0.15) is 0 Å². The van der Waals surface area contributed by atoms with Crippen LogP contribution in [0.15, 0.2) is 18.2 Å². The van der Waals surface area contributed by atoms with Crippen LogP contribution in [0.2, 0.25) is 0 Å². The predicted octanol–water partition coefficient (Wildman–Crippen LogP) is 4.47. The van der Waals surface area contributed by atoms with Crippen molar-refractivity contribution in [3.8, 4) is 0 Å². The maximum absolute atomic E-state index is 12.6. The molecule has 0 spiro atoms. The number of carbonyl (C=O) groups is 2. The van der Waals surface area contributed by atoms with Gasteiger partial charge < -0.3 is 20.9 Å². The molecule has 0 saturated heterocycles. The van der Waals surface area contributed by atoms with Gasteiger partial charge >= 0.3 is 0 Å². The molecular formula is C23H30N4O2. The molecule has 6 heteroatoms. The SMILES string of the molecule is CCCNC(=O)c1c(C)[nH]c(/C=C2\C(=O)Nc3ccc(NC(C)(C)C)cc32)c1C. The Kier molecular flexibility index (Phi) is 5.55. The third kappa shape index (κ3) is 4.36. The van der Waals surface area contributed by atoms with Crippen molar-refractivity contribution in [2.24, 2.45) is 0 Å². The lowest BCUT2D eigenvalue weighted by molar-refractivity contribution is -0.110. The molecule has 2 amide bonds. The molecule has 0 saturated carbocycles. The van der Waals surface area contributed by atoms with Crippen molar-refractivity contribution >= 4 is 34.8 Å².